The molecule has 0 fully saturated rings. The molecule has 0 aliphatic carbocycles. The van der Waals surface area contributed by atoms with Gasteiger partial charge in [-0.2, -0.15) is 0 Å². The molecule has 72 valence electrons. The summed E-state index contributed by atoms with van der Waals surface area (Å²) in [7, 11) is 0. The lowest BCUT2D eigenvalue weighted by molar-refractivity contribution is 0.431. The van der Waals surface area contributed by atoms with E-state index in [0.717, 1.165) is 0 Å². The molecule has 0 unspecified atom stereocenters. The van der Waals surface area contributed by atoms with Crippen LogP contribution in [-0.2, 0) is 0 Å². The van der Waals surface area contributed by atoms with Crippen molar-refractivity contribution in [2.75, 3.05) is 6.54 Å². The van der Waals surface area contributed by atoms with Gasteiger partial charge in [0.25, 0.3) is 0 Å². The van der Waals surface area contributed by atoms with Crippen LogP contribution in [0.4, 0.5) is 4.39 Å². The van der Waals surface area contributed by atoms with Crippen molar-refractivity contribution in [3.05, 3.63) is 29.6 Å². The van der Waals surface area contributed by atoms with Crippen molar-refractivity contribution in [1.29, 1.82) is 0 Å². The summed E-state index contributed by atoms with van der Waals surface area (Å²) in [5, 5.41) is 8.91. The first-order valence-corrected chi connectivity index (χ1v) is 4.09. The standard InChI is InChI=1S/C9H13FN2O/c10-7-5-6(1-2-9(7)13)8(12)3-4-11/h1-2,5,8,13H,3-4,11-12H2/t8-/m1/s1. The monoisotopic (exact) mass is 184 g/mol. The molecule has 5 N–H and O–H groups in total. The molecule has 4 heteroatoms. The minimum Gasteiger partial charge on any atom is -0.505 e. The van der Waals surface area contributed by atoms with Crippen LogP contribution in [0, 0.1) is 5.82 Å². The Labute approximate surface area is 76.2 Å². The smallest absolute Gasteiger partial charge is 0.165 e. The molecule has 1 atom stereocenters. The molecule has 0 aliphatic rings. The molecule has 0 radical (unpaired) electrons. The van der Waals surface area contributed by atoms with Crippen molar-refractivity contribution >= 4 is 0 Å². The third-order valence-corrected chi connectivity index (χ3v) is 1.88. The first kappa shape index (κ1) is 9.95. The number of benzene rings is 1. The van der Waals surface area contributed by atoms with Gasteiger partial charge in [-0.15, -0.1) is 0 Å². The fourth-order valence-electron chi connectivity index (χ4n) is 1.10. The zero-order valence-electron chi connectivity index (χ0n) is 7.20. The summed E-state index contributed by atoms with van der Waals surface area (Å²) >= 11 is 0. The molecule has 0 spiro atoms. The average Bonchev–Trinajstić information content (AvgIpc) is 2.10. The molecule has 0 heterocycles. The van der Waals surface area contributed by atoms with Gasteiger partial charge in [0.1, 0.15) is 0 Å². The van der Waals surface area contributed by atoms with Crippen LogP contribution in [0.15, 0.2) is 18.2 Å². The Morgan fingerprint density at radius 3 is 2.69 bits per heavy atom. The van der Waals surface area contributed by atoms with Gasteiger partial charge in [-0.3, -0.25) is 0 Å². The second-order valence-electron chi connectivity index (χ2n) is 2.89. The fraction of sp³-hybridized carbons (Fsp3) is 0.333. The Hall–Kier alpha value is -1.13. The first-order chi connectivity index (χ1) is 6.15. The van der Waals surface area contributed by atoms with Gasteiger partial charge < -0.3 is 16.6 Å². The molecule has 1 rings (SSSR count). The number of halogens is 1. The largest absolute Gasteiger partial charge is 0.505 e. The van der Waals surface area contributed by atoms with Crippen LogP contribution < -0.4 is 11.5 Å². The fourth-order valence-corrected chi connectivity index (χ4v) is 1.10. The highest BCUT2D eigenvalue weighted by Crippen LogP contribution is 2.20. The molecule has 0 saturated carbocycles. The summed E-state index contributed by atoms with van der Waals surface area (Å²) in [6, 6.07) is 3.86. The average molecular weight is 184 g/mol. The summed E-state index contributed by atoms with van der Waals surface area (Å²) in [4.78, 5) is 0. The maximum Gasteiger partial charge on any atom is 0.165 e. The Kier molecular flexibility index (Phi) is 3.22. The number of hydrogen-bond donors (Lipinski definition) is 3. The van der Waals surface area contributed by atoms with E-state index in [1.807, 2.05) is 0 Å². The molecule has 3 nitrogen and oxygen atoms in total. The number of phenolic OH excluding ortho intramolecular Hbond substituents is 1. The summed E-state index contributed by atoms with van der Waals surface area (Å²) in [6.45, 7) is 0.462. The van der Waals surface area contributed by atoms with E-state index in [0.29, 0.717) is 18.5 Å². The van der Waals surface area contributed by atoms with Gasteiger partial charge in [0.15, 0.2) is 11.6 Å². The summed E-state index contributed by atoms with van der Waals surface area (Å²) < 4.78 is 12.8. The van der Waals surface area contributed by atoms with Crippen LogP contribution in [-0.4, -0.2) is 11.7 Å². The van der Waals surface area contributed by atoms with E-state index >= 15 is 0 Å². The van der Waals surface area contributed by atoms with E-state index in [9.17, 15) is 4.39 Å². The van der Waals surface area contributed by atoms with E-state index in [4.69, 9.17) is 16.6 Å². The molecule has 0 aliphatic heterocycles. The third kappa shape index (κ3) is 2.40. The van der Waals surface area contributed by atoms with Crippen LogP contribution in [0.3, 0.4) is 0 Å². The van der Waals surface area contributed by atoms with Gasteiger partial charge in [-0.25, -0.2) is 4.39 Å². The molecule has 0 aromatic heterocycles. The van der Waals surface area contributed by atoms with Crippen molar-refractivity contribution in [2.45, 2.75) is 12.5 Å². The van der Waals surface area contributed by atoms with Crippen LogP contribution in [0.25, 0.3) is 0 Å². The van der Waals surface area contributed by atoms with E-state index in [1.54, 1.807) is 6.07 Å². The molecule has 1 aromatic rings. The van der Waals surface area contributed by atoms with E-state index in [2.05, 4.69) is 0 Å². The van der Waals surface area contributed by atoms with Crippen LogP contribution in [0.5, 0.6) is 5.75 Å². The summed E-state index contributed by atoms with van der Waals surface area (Å²) in [6.07, 6.45) is 0.601. The van der Waals surface area contributed by atoms with Gasteiger partial charge in [0.2, 0.25) is 0 Å². The lowest BCUT2D eigenvalue weighted by Crippen LogP contribution is -2.15. The Morgan fingerprint density at radius 1 is 1.46 bits per heavy atom. The zero-order chi connectivity index (χ0) is 9.84. The summed E-state index contributed by atoms with van der Waals surface area (Å²) in [5.74, 6) is -1.01. The Morgan fingerprint density at radius 2 is 2.15 bits per heavy atom. The molecular weight excluding hydrogens is 171 g/mol. The minimum atomic E-state index is -0.648. The van der Waals surface area contributed by atoms with Gasteiger partial charge in [0.05, 0.1) is 0 Å². The van der Waals surface area contributed by atoms with Gasteiger partial charge in [-0.1, -0.05) is 6.07 Å². The maximum atomic E-state index is 12.8. The number of hydrogen-bond acceptors (Lipinski definition) is 3. The second kappa shape index (κ2) is 4.20. The summed E-state index contributed by atoms with van der Waals surface area (Å²) in [5.41, 5.74) is 11.7. The quantitative estimate of drug-likeness (QED) is 0.653. The normalized spacial score (nSPS) is 12.8. The SMILES string of the molecule is NCC[C@@H](N)c1ccc(O)c(F)c1. The molecule has 1 aromatic carbocycles. The third-order valence-electron chi connectivity index (χ3n) is 1.88. The van der Waals surface area contributed by atoms with Crippen LogP contribution in [0.2, 0.25) is 0 Å². The van der Waals surface area contributed by atoms with E-state index in [-0.39, 0.29) is 11.8 Å². The maximum absolute atomic E-state index is 12.8. The van der Waals surface area contributed by atoms with E-state index < -0.39 is 5.82 Å². The predicted molar refractivity (Wildman–Crippen MR) is 48.7 cm³/mol. The Balaban J connectivity index is 2.84. The lowest BCUT2D eigenvalue weighted by Gasteiger charge is -2.10. The van der Waals surface area contributed by atoms with Crippen molar-refractivity contribution in [1.82, 2.24) is 0 Å². The molecule has 13 heavy (non-hydrogen) atoms. The number of rotatable bonds is 3. The predicted octanol–water partition coefficient (Wildman–Crippen LogP) is 0.880. The topological polar surface area (TPSA) is 72.3 Å². The van der Waals surface area contributed by atoms with Gasteiger partial charge in [0, 0.05) is 6.04 Å². The van der Waals surface area contributed by atoms with Crippen molar-refractivity contribution in [3.8, 4) is 5.75 Å². The first-order valence-electron chi connectivity index (χ1n) is 4.09. The van der Waals surface area contributed by atoms with Crippen molar-refractivity contribution in [3.63, 3.8) is 0 Å². The second-order valence-corrected chi connectivity index (χ2v) is 2.89. The number of aromatic hydroxyl groups is 1. The molecular formula is C9H13FN2O. The Bertz CT molecular complexity index is 291. The van der Waals surface area contributed by atoms with Crippen LogP contribution >= 0.6 is 0 Å². The highest BCUT2D eigenvalue weighted by Gasteiger charge is 2.07. The molecule has 0 amide bonds. The van der Waals surface area contributed by atoms with Gasteiger partial charge in [-0.05, 0) is 30.7 Å². The molecule has 0 bridgehead atoms. The molecule has 0 saturated heterocycles. The highest BCUT2D eigenvalue weighted by molar-refractivity contribution is 5.29. The van der Waals surface area contributed by atoms with Crippen molar-refractivity contribution in [2.24, 2.45) is 11.5 Å². The van der Waals surface area contributed by atoms with Crippen molar-refractivity contribution < 1.29 is 9.50 Å². The zero-order valence-corrected chi connectivity index (χ0v) is 7.20. The van der Waals surface area contributed by atoms with Gasteiger partial charge >= 0.3 is 0 Å². The minimum absolute atomic E-state index is 0.264. The highest BCUT2D eigenvalue weighted by atomic mass is 19.1. The van der Waals surface area contributed by atoms with Crippen LogP contribution in [0.1, 0.15) is 18.0 Å². The number of phenols is 1. The van der Waals surface area contributed by atoms with E-state index in [1.165, 1.54) is 12.1 Å². The number of nitrogens with two attached hydrogens (primary N) is 2. The lowest BCUT2D eigenvalue weighted by atomic mass is 10.0.